The number of carbonyl (C=O) groups is 1. The first-order chi connectivity index (χ1) is 14.1. The van der Waals surface area contributed by atoms with Gasteiger partial charge in [0.2, 0.25) is 17.0 Å². The van der Waals surface area contributed by atoms with Gasteiger partial charge < -0.3 is 10.1 Å². The summed E-state index contributed by atoms with van der Waals surface area (Å²) in [6, 6.07) is 17.4. The van der Waals surface area contributed by atoms with E-state index in [4.69, 9.17) is 4.74 Å². The highest BCUT2D eigenvalue weighted by Gasteiger charge is 2.08. The molecule has 3 aromatic rings. The summed E-state index contributed by atoms with van der Waals surface area (Å²) in [6.45, 7) is 2.39. The molecule has 0 aliphatic carbocycles. The van der Waals surface area contributed by atoms with Crippen LogP contribution in [-0.2, 0) is 11.3 Å². The number of benzene rings is 2. The number of nitrogens with zero attached hydrogens (tertiary/aromatic N) is 3. The van der Waals surface area contributed by atoms with Gasteiger partial charge in [-0.1, -0.05) is 42.1 Å². The molecule has 9 heteroatoms. The van der Waals surface area contributed by atoms with Gasteiger partial charge in [-0.15, -0.1) is 5.10 Å². The summed E-state index contributed by atoms with van der Waals surface area (Å²) in [5.74, 6) is 1.36. The number of hydrogen-bond acceptors (Lipinski definition) is 7. The van der Waals surface area contributed by atoms with Gasteiger partial charge in [0.05, 0.1) is 18.6 Å². The number of amides is 1. The number of hydrazone groups is 1. The average Bonchev–Trinajstić information content (AvgIpc) is 3.23. The lowest BCUT2D eigenvalue weighted by atomic mass is 10.1. The van der Waals surface area contributed by atoms with Crippen LogP contribution in [0.4, 0.5) is 5.95 Å². The van der Waals surface area contributed by atoms with Crippen LogP contribution in [0.1, 0.15) is 18.1 Å². The maximum Gasteiger partial charge on any atom is 0.240 e. The summed E-state index contributed by atoms with van der Waals surface area (Å²) in [7, 11) is 1.63. The number of methoxy groups -OCH3 is 1. The van der Waals surface area contributed by atoms with Crippen LogP contribution in [0.5, 0.6) is 5.75 Å². The highest BCUT2D eigenvalue weighted by atomic mass is 32.2. The Hall–Kier alpha value is -3.33. The van der Waals surface area contributed by atoms with E-state index in [9.17, 15) is 4.79 Å². The van der Waals surface area contributed by atoms with Crippen LogP contribution in [0.25, 0.3) is 0 Å². The van der Waals surface area contributed by atoms with Crippen molar-refractivity contribution in [3.8, 4) is 5.75 Å². The Balaban J connectivity index is 1.45. The lowest BCUT2D eigenvalue weighted by molar-refractivity contribution is -0.118. The van der Waals surface area contributed by atoms with Crippen molar-refractivity contribution in [1.29, 1.82) is 0 Å². The van der Waals surface area contributed by atoms with E-state index in [-0.39, 0.29) is 11.7 Å². The Bertz CT molecular complexity index is 957. The molecule has 1 heterocycles. The molecule has 3 N–H and O–H groups in total. The lowest BCUT2D eigenvalue weighted by Gasteiger charge is -2.04. The van der Waals surface area contributed by atoms with Gasteiger partial charge >= 0.3 is 0 Å². The number of nitrogens with one attached hydrogen (secondary N) is 3. The largest absolute Gasteiger partial charge is 0.497 e. The van der Waals surface area contributed by atoms with E-state index in [1.807, 2.05) is 61.5 Å². The molecule has 0 fully saturated rings. The highest BCUT2D eigenvalue weighted by molar-refractivity contribution is 7.99. The van der Waals surface area contributed by atoms with Crippen molar-refractivity contribution in [2.75, 3.05) is 18.3 Å². The van der Waals surface area contributed by atoms with Crippen molar-refractivity contribution >= 4 is 29.3 Å². The topological polar surface area (TPSA) is 104 Å². The fourth-order valence-corrected chi connectivity index (χ4v) is 3.00. The first-order valence-corrected chi connectivity index (χ1v) is 9.93. The first-order valence-electron chi connectivity index (χ1n) is 8.94. The molecule has 0 aliphatic rings. The number of thioether (sulfide) groups is 1. The summed E-state index contributed by atoms with van der Waals surface area (Å²) < 4.78 is 5.15. The van der Waals surface area contributed by atoms with Crippen molar-refractivity contribution in [2.24, 2.45) is 5.10 Å². The van der Waals surface area contributed by atoms with E-state index in [2.05, 4.69) is 31.0 Å². The predicted octanol–water partition coefficient (Wildman–Crippen LogP) is 3.06. The highest BCUT2D eigenvalue weighted by Crippen LogP contribution is 2.15. The third-order valence-corrected chi connectivity index (χ3v) is 4.81. The lowest BCUT2D eigenvalue weighted by Crippen LogP contribution is -2.24. The Morgan fingerprint density at radius 2 is 1.93 bits per heavy atom. The molecule has 0 radical (unpaired) electrons. The molecular weight excluding hydrogens is 388 g/mol. The fourth-order valence-electron chi connectivity index (χ4n) is 2.37. The standard InChI is InChI=1S/C20H22N6O2S/c1-14(16-8-10-17(28-2)11-9-16)23-24-19-22-20(26-25-19)29-13-18(27)21-12-15-6-4-3-5-7-15/h3-11H,12-13H2,1-2H3,(H,21,27)(H2,22,24,25,26)/b23-14+. The van der Waals surface area contributed by atoms with E-state index >= 15 is 0 Å². The van der Waals surface area contributed by atoms with Crippen molar-refractivity contribution in [3.05, 3.63) is 65.7 Å². The Labute approximate surface area is 173 Å². The molecule has 0 spiro atoms. The van der Waals surface area contributed by atoms with Crippen LogP contribution in [-0.4, -0.2) is 39.7 Å². The predicted molar refractivity (Wildman–Crippen MR) is 114 cm³/mol. The molecular formula is C20H22N6O2S. The Morgan fingerprint density at radius 1 is 1.17 bits per heavy atom. The number of anilines is 1. The third kappa shape index (κ3) is 6.35. The maximum absolute atomic E-state index is 12.0. The molecule has 0 unspecified atom stereocenters. The molecule has 3 rings (SSSR count). The number of ether oxygens (including phenoxy) is 1. The summed E-state index contributed by atoms with van der Waals surface area (Å²) >= 11 is 1.25. The molecule has 0 saturated carbocycles. The summed E-state index contributed by atoms with van der Waals surface area (Å²) in [6.07, 6.45) is 0. The van der Waals surface area contributed by atoms with Gasteiger partial charge in [-0.25, -0.2) is 10.5 Å². The normalized spacial score (nSPS) is 11.2. The van der Waals surface area contributed by atoms with Crippen LogP contribution >= 0.6 is 11.8 Å². The SMILES string of the molecule is COc1ccc(/C(C)=N/Nc2nc(SCC(=O)NCc3ccccc3)n[nH]2)cc1. The van der Waals surface area contributed by atoms with Crippen LogP contribution in [0.2, 0.25) is 0 Å². The molecule has 1 amide bonds. The molecule has 150 valence electrons. The number of hydrogen-bond donors (Lipinski definition) is 3. The van der Waals surface area contributed by atoms with Crippen LogP contribution < -0.4 is 15.5 Å². The van der Waals surface area contributed by atoms with Crippen LogP contribution in [0.3, 0.4) is 0 Å². The number of aromatic nitrogens is 3. The van der Waals surface area contributed by atoms with Gasteiger partial charge in [0.1, 0.15) is 5.75 Å². The Kier molecular flexibility index (Phi) is 7.23. The summed E-state index contributed by atoms with van der Waals surface area (Å²) in [5.41, 5.74) is 5.65. The van der Waals surface area contributed by atoms with Crippen molar-refractivity contribution in [3.63, 3.8) is 0 Å². The summed E-state index contributed by atoms with van der Waals surface area (Å²) in [4.78, 5) is 16.2. The van der Waals surface area contributed by atoms with Gasteiger partial charge in [0, 0.05) is 6.54 Å². The number of rotatable bonds is 9. The minimum atomic E-state index is -0.0773. The zero-order chi connectivity index (χ0) is 20.5. The molecule has 0 saturated heterocycles. The average molecular weight is 411 g/mol. The maximum atomic E-state index is 12.0. The molecule has 0 atom stereocenters. The number of aromatic amines is 1. The van der Waals surface area contributed by atoms with Crippen molar-refractivity contribution < 1.29 is 9.53 Å². The van der Waals surface area contributed by atoms with E-state index in [0.29, 0.717) is 17.6 Å². The molecule has 1 aromatic heterocycles. The second-order valence-electron chi connectivity index (χ2n) is 6.06. The second-order valence-corrected chi connectivity index (χ2v) is 7.00. The van der Waals surface area contributed by atoms with E-state index in [0.717, 1.165) is 22.6 Å². The van der Waals surface area contributed by atoms with E-state index < -0.39 is 0 Å². The van der Waals surface area contributed by atoms with Gasteiger partial charge in [-0.05, 0) is 42.3 Å². The molecule has 8 nitrogen and oxygen atoms in total. The zero-order valence-electron chi connectivity index (χ0n) is 16.2. The number of carbonyl (C=O) groups excluding carboxylic acids is 1. The monoisotopic (exact) mass is 410 g/mol. The third-order valence-electron chi connectivity index (χ3n) is 3.97. The molecule has 29 heavy (non-hydrogen) atoms. The molecule has 0 bridgehead atoms. The minimum Gasteiger partial charge on any atom is -0.497 e. The van der Waals surface area contributed by atoms with Crippen molar-refractivity contribution in [1.82, 2.24) is 20.5 Å². The second kappa shape index (κ2) is 10.3. The summed E-state index contributed by atoms with van der Waals surface area (Å²) in [5, 5.41) is 14.5. The molecule has 2 aromatic carbocycles. The van der Waals surface area contributed by atoms with Gasteiger partial charge in [0.15, 0.2) is 0 Å². The quantitative estimate of drug-likeness (QED) is 0.285. The van der Waals surface area contributed by atoms with E-state index in [1.54, 1.807) is 7.11 Å². The van der Waals surface area contributed by atoms with E-state index in [1.165, 1.54) is 11.8 Å². The van der Waals surface area contributed by atoms with Gasteiger partial charge in [-0.3, -0.25) is 4.79 Å². The fraction of sp³-hybridized carbons (Fsp3) is 0.200. The number of H-pyrrole nitrogens is 1. The van der Waals surface area contributed by atoms with Crippen LogP contribution in [0, 0.1) is 0 Å². The van der Waals surface area contributed by atoms with Crippen LogP contribution in [0.15, 0.2) is 64.9 Å². The first kappa shape index (κ1) is 20.4. The Morgan fingerprint density at radius 3 is 2.66 bits per heavy atom. The molecule has 0 aliphatic heterocycles. The van der Waals surface area contributed by atoms with Gasteiger partial charge in [-0.2, -0.15) is 10.1 Å². The van der Waals surface area contributed by atoms with Crippen molar-refractivity contribution in [2.45, 2.75) is 18.6 Å². The van der Waals surface area contributed by atoms with Gasteiger partial charge in [0.25, 0.3) is 0 Å². The minimum absolute atomic E-state index is 0.0773. The smallest absolute Gasteiger partial charge is 0.240 e. The zero-order valence-corrected chi connectivity index (χ0v) is 17.0.